The Hall–Kier alpha value is -2.31. The third-order valence-electron chi connectivity index (χ3n) is 4.43. The second kappa shape index (κ2) is 8.59. The minimum absolute atomic E-state index is 0.0205. The van der Waals surface area contributed by atoms with Crippen LogP contribution in [0.2, 0.25) is 0 Å². The van der Waals surface area contributed by atoms with Crippen LogP contribution in [-0.4, -0.2) is 53.4 Å². The van der Waals surface area contributed by atoms with E-state index in [1.165, 1.54) is 28.6 Å². The molecule has 1 aliphatic heterocycles. The van der Waals surface area contributed by atoms with E-state index in [9.17, 15) is 21.6 Å². The molecule has 1 aliphatic rings. The van der Waals surface area contributed by atoms with Crippen molar-refractivity contribution in [3.8, 4) is 0 Å². The number of morpholine rings is 1. The predicted octanol–water partition coefficient (Wildman–Crippen LogP) is 0.212. The first kappa shape index (κ1) is 21.4. The molecule has 9 nitrogen and oxygen atoms in total. The number of sulfonamides is 2. The zero-order valence-corrected chi connectivity index (χ0v) is 17.0. The maximum Gasteiger partial charge on any atom is 0.243 e. The molecule has 3 rings (SSSR count). The molecule has 0 bridgehead atoms. The summed E-state index contributed by atoms with van der Waals surface area (Å²) < 4.78 is 59.4. The number of carbonyl (C=O) groups is 1. The quantitative estimate of drug-likeness (QED) is 0.633. The number of rotatable bonds is 7. The Bertz CT molecular complexity index is 1060. The van der Waals surface area contributed by atoms with Gasteiger partial charge in [-0.15, -0.1) is 0 Å². The van der Waals surface area contributed by atoms with Crippen LogP contribution in [0.15, 0.2) is 64.4 Å². The van der Waals surface area contributed by atoms with E-state index in [1.54, 1.807) is 30.3 Å². The zero-order valence-electron chi connectivity index (χ0n) is 15.4. The molecule has 1 heterocycles. The first-order valence-electron chi connectivity index (χ1n) is 8.76. The molecule has 29 heavy (non-hydrogen) atoms. The third kappa shape index (κ3) is 4.82. The van der Waals surface area contributed by atoms with Crippen LogP contribution in [0.5, 0.6) is 0 Å². The number of ether oxygens (including phenoxy) is 1. The van der Waals surface area contributed by atoms with Gasteiger partial charge in [0.25, 0.3) is 0 Å². The number of nitrogens with zero attached hydrogens (tertiary/aromatic N) is 1. The van der Waals surface area contributed by atoms with Gasteiger partial charge < -0.3 is 10.5 Å². The van der Waals surface area contributed by atoms with Crippen molar-refractivity contribution in [2.75, 3.05) is 26.3 Å². The van der Waals surface area contributed by atoms with Crippen molar-refractivity contribution in [2.45, 2.75) is 15.8 Å². The summed E-state index contributed by atoms with van der Waals surface area (Å²) in [5.74, 6) is -0.855. The van der Waals surface area contributed by atoms with E-state index in [4.69, 9.17) is 10.5 Å². The molecule has 0 aromatic heterocycles. The van der Waals surface area contributed by atoms with Crippen LogP contribution in [0.1, 0.15) is 11.6 Å². The van der Waals surface area contributed by atoms with Crippen LogP contribution >= 0.6 is 0 Å². The van der Waals surface area contributed by atoms with Gasteiger partial charge in [0, 0.05) is 13.1 Å². The lowest BCUT2D eigenvalue weighted by atomic mass is 10.1. The van der Waals surface area contributed by atoms with Crippen LogP contribution in [0, 0.1) is 0 Å². The number of hydrogen-bond donors (Lipinski definition) is 2. The Balaban J connectivity index is 1.83. The van der Waals surface area contributed by atoms with Gasteiger partial charge in [-0.05, 0) is 29.8 Å². The number of amides is 1. The highest BCUT2D eigenvalue weighted by Gasteiger charge is 2.28. The normalized spacial score (nSPS) is 17.0. The molecule has 0 radical (unpaired) electrons. The maximum absolute atomic E-state index is 12.7. The van der Waals surface area contributed by atoms with E-state index < -0.39 is 32.0 Å². The van der Waals surface area contributed by atoms with Gasteiger partial charge in [0.2, 0.25) is 26.0 Å². The van der Waals surface area contributed by atoms with Crippen molar-refractivity contribution in [1.29, 1.82) is 0 Å². The summed E-state index contributed by atoms with van der Waals surface area (Å²) in [7, 11) is -7.86. The smallest absolute Gasteiger partial charge is 0.243 e. The lowest BCUT2D eigenvalue weighted by Gasteiger charge is -2.26. The number of carbonyl (C=O) groups excluding carboxylic acids is 1. The van der Waals surface area contributed by atoms with Crippen LogP contribution in [0.4, 0.5) is 0 Å². The summed E-state index contributed by atoms with van der Waals surface area (Å²) >= 11 is 0. The van der Waals surface area contributed by atoms with Crippen molar-refractivity contribution in [3.05, 3.63) is 60.2 Å². The monoisotopic (exact) mass is 439 g/mol. The molecule has 0 aliphatic carbocycles. The standard InChI is InChI=1S/C18H21N3O6S2/c19-18(22)17(14-4-2-1-3-5-14)20-28(23,24)15-6-8-16(9-7-15)29(25,26)21-10-12-27-13-11-21/h1-9,17,20H,10-13H2,(H2,19,22). The van der Waals surface area contributed by atoms with E-state index in [0.717, 1.165) is 0 Å². The van der Waals surface area contributed by atoms with Gasteiger partial charge in [0.15, 0.2) is 0 Å². The Morgan fingerprint density at radius 3 is 2.03 bits per heavy atom. The van der Waals surface area contributed by atoms with Gasteiger partial charge in [-0.1, -0.05) is 30.3 Å². The molecular weight excluding hydrogens is 418 g/mol. The Labute approximate surface area is 169 Å². The zero-order chi connectivity index (χ0) is 21.1. The Kier molecular flexibility index (Phi) is 6.34. The molecular formula is C18H21N3O6S2. The molecule has 1 atom stereocenters. The number of primary amides is 1. The maximum atomic E-state index is 12.7. The molecule has 1 saturated heterocycles. The fraction of sp³-hybridized carbons (Fsp3) is 0.278. The predicted molar refractivity (Wildman–Crippen MR) is 105 cm³/mol. The van der Waals surface area contributed by atoms with E-state index >= 15 is 0 Å². The highest BCUT2D eigenvalue weighted by molar-refractivity contribution is 7.89. The van der Waals surface area contributed by atoms with Crippen molar-refractivity contribution in [2.24, 2.45) is 5.73 Å². The fourth-order valence-corrected chi connectivity index (χ4v) is 5.49. The van der Waals surface area contributed by atoms with Crippen LogP contribution in [0.25, 0.3) is 0 Å². The van der Waals surface area contributed by atoms with Crippen molar-refractivity contribution >= 4 is 26.0 Å². The molecule has 0 saturated carbocycles. The topological polar surface area (TPSA) is 136 Å². The molecule has 2 aromatic rings. The van der Waals surface area contributed by atoms with Crippen molar-refractivity contribution in [3.63, 3.8) is 0 Å². The van der Waals surface area contributed by atoms with E-state index in [2.05, 4.69) is 4.72 Å². The van der Waals surface area contributed by atoms with E-state index in [-0.39, 0.29) is 22.9 Å². The molecule has 0 spiro atoms. The number of hydrogen-bond acceptors (Lipinski definition) is 6. The van der Waals surface area contributed by atoms with Gasteiger partial charge >= 0.3 is 0 Å². The summed E-state index contributed by atoms with van der Waals surface area (Å²) in [6.07, 6.45) is 0. The molecule has 156 valence electrons. The summed E-state index contributed by atoms with van der Waals surface area (Å²) in [4.78, 5) is 11.6. The molecule has 1 fully saturated rings. The molecule has 2 aromatic carbocycles. The Morgan fingerprint density at radius 1 is 0.931 bits per heavy atom. The first-order valence-corrected chi connectivity index (χ1v) is 11.7. The molecule has 11 heteroatoms. The fourth-order valence-electron chi connectivity index (χ4n) is 2.89. The largest absolute Gasteiger partial charge is 0.379 e. The third-order valence-corrected chi connectivity index (χ3v) is 7.78. The van der Waals surface area contributed by atoms with Crippen molar-refractivity contribution in [1.82, 2.24) is 9.03 Å². The second-order valence-corrected chi connectivity index (χ2v) is 10.0. The van der Waals surface area contributed by atoms with Gasteiger partial charge in [-0.25, -0.2) is 16.8 Å². The number of nitrogens with one attached hydrogen (secondary N) is 1. The summed E-state index contributed by atoms with van der Waals surface area (Å²) in [6, 6.07) is 11.8. The summed E-state index contributed by atoms with van der Waals surface area (Å²) in [5.41, 5.74) is 5.76. The minimum Gasteiger partial charge on any atom is -0.379 e. The minimum atomic E-state index is -4.12. The Morgan fingerprint density at radius 2 is 1.48 bits per heavy atom. The molecule has 1 amide bonds. The first-order chi connectivity index (χ1) is 13.7. The van der Waals surface area contributed by atoms with Gasteiger partial charge in [-0.3, -0.25) is 4.79 Å². The van der Waals surface area contributed by atoms with Gasteiger partial charge in [0.1, 0.15) is 6.04 Å². The number of nitrogens with two attached hydrogens (primary N) is 1. The second-order valence-electron chi connectivity index (χ2n) is 6.36. The summed E-state index contributed by atoms with van der Waals surface area (Å²) in [5, 5.41) is 0. The average molecular weight is 440 g/mol. The number of benzene rings is 2. The van der Waals surface area contributed by atoms with Gasteiger partial charge in [-0.2, -0.15) is 9.03 Å². The van der Waals surface area contributed by atoms with Crippen molar-refractivity contribution < 1.29 is 26.4 Å². The summed E-state index contributed by atoms with van der Waals surface area (Å²) in [6.45, 7) is 1.09. The molecule has 1 unspecified atom stereocenters. The highest BCUT2D eigenvalue weighted by Crippen LogP contribution is 2.21. The van der Waals surface area contributed by atoms with Crippen LogP contribution < -0.4 is 10.5 Å². The van der Waals surface area contributed by atoms with Gasteiger partial charge in [0.05, 0.1) is 23.0 Å². The molecule has 3 N–H and O–H groups in total. The van der Waals surface area contributed by atoms with Crippen LogP contribution in [-0.2, 0) is 29.6 Å². The van der Waals surface area contributed by atoms with E-state index in [0.29, 0.717) is 18.8 Å². The lowest BCUT2D eigenvalue weighted by molar-refractivity contribution is -0.119. The van der Waals surface area contributed by atoms with Crippen LogP contribution in [0.3, 0.4) is 0 Å². The highest BCUT2D eigenvalue weighted by atomic mass is 32.2. The average Bonchev–Trinajstić information content (AvgIpc) is 2.73. The SMILES string of the molecule is NC(=O)C(NS(=O)(=O)c1ccc(S(=O)(=O)N2CCOCC2)cc1)c1ccccc1. The lowest BCUT2D eigenvalue weighted by Crippen LogP contribution is -2.40. The van der Waals surface area contributed by atoms with E-state index in [1.807, 2.05) is 0 Å².